The van der Waals surface area contributed by atoms with E-state index in [0.29, 0.717) is 6.42 Å². The topological polar surface area (TPSA) is 98.6 Å². The highest BCUT2D eigenvalue weighted by Crippen LogP contribution is 2.18. The smallest absolute Gasteiger partial charge is 0.263 e. The van der Waals surface area contributed by atoms with Crippen LogP contribution in [0.4, 0.5) is 10.2 Å². The van der Waals surface area contributed by atoms with Gasteiger partial charge < -0.3 is 0 Å². The molecular weight excluding hydrogens is 283 g/mol. The summed E-state index contributed by atoms with van der Waals surface area (Å²) in [5.74, 6) is -0.621. The first-order valence-corrected chi connectivity index (χ1v) is 7.21. The second-order valence-electron chi connectivity index (χ2n) is 3.99. The van der Waals surface area contributed by atoms with Crippen molar-refractivity contribution in [1.82, 2.24) is 10.2 Å². The van der Waals surface area contributed by atoms with Crippen LogP contribution in [0.15, 0.2) is 29.2 Å². The van der Waals surface area contributed by atoms with Crippen molar-refractivity contribution in [3.8, 4) is 6.07 Å². The fraction of sp³-hybridized carbons (Fsp3) is 0.167. The number of benzene rings is 1. The van der Waals surface area contributed by atoms with Crippen LogP contribution in [0.2, 0.25) is 0 Å². The molecule has 2 N–H and O–H groups in total. The number of sulfonamides is 1. The number of anilines is 1. The molecule has 0 unspecified atom stereocenters. The summed E-state index contributed by atoms with van der Waals surface area (Å²) in [6, 6.07) is 6.16. The third kappa shape index (κ3) is 2.78. The van der Waals surface area contributed by atoms with Gasteiger partial charge in [-0.1, -0.05) is 6.92 Å². The van der Waals surface area contributed by atoms with Crippen LogP contribution in [-0.2, 0) is 16.4 Å². The second-order valence-corrected chi connectivity index (χ2v) is 5.67. The first-order chi connectivity index (χ1) is 9.46. The minimum Gasteiger partial charge on any atom is -0.280 e. The van der Waals surface area contributed by atoms with Gasteiger partial charge in [-0.05, 0) is 24.6 Å². The van der Waals surface area contributed by atoms with Crippen LogP contribution in [-0.4, -0.2) is 18.6 Å². The van der Waals surface area contributed by atoms with Gasteiger partial charge in [0.2, 0.25) is 0 Å². The molecular formula is C12H11FN4O2S. The lowest BCUT2D eigenvalue weighted by molar-refractivity contribution is 0.599. The zero-order chi connectivity index (χ0) is 14.8. The number of aromatic nitrogens is 2. The number of nitrogens with zero attached hydrogens (tertiary/aromatic N) is 2. The summed E-state index contributed by atoms with van der Waals surface area (Å²) in [5, 5.41) is 15.2. The zero-order valence-electron chi connectivity index (χ0n) is 10.5. The van der Waals surface area contributed by atoms with Gasteiger partial charge in [-0.3, -0.25) is 9.82 Å². The molecule has 8 heteroatoms. The summed E-state index contributed by atoms with van der Waals surface area (Å²) in [6.07, 6.45) is 0.684. The van der Waals surface area contributed by atoms with E-state index < -0.39 is 15.8 Å². The average Bonchev–Trinajstić information content (AvgIpc) is 2.86. The number of aryl methyl sites for hydroxylation is 1. The van der Waals surface area contributed by atoms with Gasteiger partial charge >= 0.3 is 0 Å². The zero-order valence-corrected chi connectivity index (χ0v) is 11.3. The SMILES string of the molecule is CCc1cc(NS(=O)(=O)c2ccc(F)c(C#N)c2)n[nH]1. The van der Waals surface area contributed by atoms with Crippen molar-refractivity contribution in [3.63, 3.8) is 0 Å². The predicted octanol–water partition coefficient (Wildman–Crippen LogP) is 1.78. The molecule has 2 rings (SSSR count). The van der Waals surface area contributed by atoms with Crippen LogP contribution in [0.25, 0.3) is 0 Å². The molecule has 0 fully saturated rings. The van der Waals surface area contributed by atoms with Crippen LogP contribution in [0.1, 0.15) is 18.2 Å². The summed E-state index contributed by atoms with van der Waals surface area (Å²) in [6.45, 7) is 1.89. The van der Waals surface area contributed by atoms with E-state index in [2.05, 4.69) is 14.9 Å². The molecule has 0 aliphatic heterocycles. The lowest BCUT2D eigenvalue weighted by Crippen LogP contribution is -2.13. The Bertz CT molecular complexity index is 777. The van der Waals surface area contributed by atoms with E-state index in [1.165, 1.54) is 0 Å². The van der Waals surface area contributed by atoms with Crippen molar-refractivity contribution in [2.45, 2.75) is 18.2 Å². The maximum Gasteiger partial charge on any atom is 0.263 e. The van der Waals surface area contributed by atoms with Gasteiger partial charge in [-0.2, -0.15) is 10.4 Å². The fourth-order valence-electron chi connectivity index (χ4n) is 1.55. The maximum atomic E-state index is 13.2. The van der Waals surface area contributed by atoms with Crippen LogP contribution >= 0.6 is 0 Å². The summed E-state index contributed by atoms with van der Waals surface area (Å²) < 4.78 is 39.6. The Morgan fingerprint density at radius 2 is 2.20 bits per heavy atom. The molecule has 20 heavy (non-hydrogen) atoms. The van der Waals surface area contributed by atoms with Gasteiger partial charge in [0, 0.05) is 11.8 Å². The van der Waals surface area contributed by atoms with Gasteiger partial charge in [0.1, 0.15) is 11.9 Å². The third-order valence-corrected chi connectivity index (χ3v) is 3.97. The molecule has 0 radical (unpaired) electrons. The van der Waals surface area contributed by atoms with Gasteiger partial charge in [0.25, 0.3) is 10.0 Å². The Balaban J connectivity index is 2.33. The summed E-state index contributed by atoms with van der Waals surface area (Å²) in [5.41, 5.74) is 0.448. The lowest BCUT2D eigenvalue weighted by Gasteiger charge is -2.05. The van der Waals surface area contributed by atoms with Crippen molar-refractivity contribution < 1.29 is 12.8 Å². The summed E-state index contributed by atoms with van der Waals surface area (Å²) >= 11 is 0. The number of nitrogens with one attached hydrogen (secondary N) is 2. The molecule has 0 saturated carbocycles. The number of nitriles is 1. The van der Waals surface area contributed by atoms with Crippen LogP contribution in [0.3, 0.4) is 0 Å². The molecule has 0 saturated heterocycles. The number of hydrogen-bond acceptors (Lipinski definition) is 4. The molecule has 0 aliphatic rings. The van der Waals surface area contributed by atoms with Crippen molar-refractivity contribution in [3.05, 3.63) is 41.3 Å². The minimum atomic E-state index is -3.91. The Labute approximate surface area is 115 Å². The van der Waals surface area contributed by atoms with Gasteiger partial charge in [0.05, 0.1) is 10.5 Å². The van der Waals surface area contributed by atoms with E-state index in [4.69, 9.17) is 5.26 Å². The van der Waals surface area contributed by atoms with E-state index in [0.717, 1.165) is 23.9 Å². The Morgan fingerprint density at radius 3 is 2.80 bits per heavy atom. The van der Waals surface area contributed by atoms with Crippen molar-refractivity contribution >= 4 is 15.8 Å². The van der Waals surface area contributed by atoms with Crippen molar-refractivity contribution in [1.29, 1.82) is 5.26 Å². The normalized spacial score (nSPS) is 11.1. The number of H-pyrrole nitrogens is 1. The lowest BCUT2D eigenvalue weighted by atomic mass is 10.2. The number of aromatic amines is 1. The first kappa shape index (κ1) is 14.0. The molecule has 6 nitrogen and oxygen atoms in total. The Morgan fingerprint density at radius 1 is 1.45 bits per heavy atom. The van der Waals surface area contributed by atoms with Gasteiger partial charge in [-0.15, -0.1) is 0 Å². The Hall–Kier alpha value is -2.40. The molecule has 104 valence electrons. The van der Waals surface area contributed by atoms with Crippen LogP contribution in [0, 0.1) is 17.1 Å². The van der Waals surface area contributed by atoms with Crippen molar-refractivity contribution in [2.75, 3.05) is 4.72 Å². The highest BCUT2D eigenvalue weighted by molar-refractivity contribution is 7.92. The first-order valence-electron chi connectivity index (χ1n) is 5.73. The highest BCUT2D eigenvalue weighted by Gasteiger charge is 2.17. The summed E-state index contributed by atoms with van der Waals surface area (Å²) in [7, 11) is -3.91. The van der Waals surface area contributed by atoms with Crippen LogP contribution in [0.5, 0.6) is 0 Å². The Kier molecular flexibility index (Phi) is 3.72. The van der Waals surface area contributed by atoms with E-state index in [1.54, 1.807) is 12.1 Å². The molecule has 0 atom stereocenters. The molecule has 2 aromatic rings. The van der Waals surface area contributed by atoms with Crippen LogP contribution < -0.4 is 4.72 Å². The van der Waals surface area contributed by atoms with E-state index in [-0.39, 0.29) is 16.3 Å². The number of hydrogen-bond donors (Lipinski definition) is 2. The molecule has 1 aromatic heterocycles. The predicted molar refractivity (Wildman–Crippen MR) is 69.9 cm³/mol. The average molecular weight is 294 g/mol. The van der Waals surface area contributed by atoms with Gasteiger partial charge in [0.15, 0.2) is 5.82 Å². The quantitative estimate of drug-likeness (QED) is 0.898. The molecule has 1 aromatic carbocycles. The monoisotopic (exact) mass is 294 g/mol. The van der Waals surface area contributed by atoms with E-state index >= 15 is 0 Å². The van der Waals surface area contributed by atoms with E-state index in [1.807, 2.05) is 6.92 Å². The summed E-state index contributed by atoms with van der Waals surface area (Å²) in [4.78, 5) is -0.198. The standard InChI is InChI=1S/C12H11FN4O2S/c1-2-9-6-12(16-15-9)17-20(18,19)10-3-4-11(13)8(5-10)7-14/h3-6H,2H2,1H3,(H2,15,16,17). The largest absolute Gasteiger partial charge is 0.280 e. The number of halogens is 1. The molecule has 0 aliphatic carbocycles. The third-order valence-electron chi connectivity index (χ3n) is 2.62. The maximum absolute atomic E-state index is 13.2. The molecule has 0 bridgehead atoms. The minimum absolute atomic E-state index is 0.143. The molecule has 1 heterocycles. The molecule has 0 spiro atoms. The van der Waals surface area contributed by atoms with Gasteiger partial charge in [-0.25, -0.2) is 12.8 Å². The molecule has 0 amide bonds. The van der Waals surface area contributed by atoms with Crippen molar-refractivity contribution in [2.24, 2.45) is 0 Å². The number of rotatable bonds is 4. The second kappa shape index (κ2) is 5.30. The van der Waals surface area contributed by atoms with E-state index in [9.17, 15) is 12.8 Å². The highest BCUT2D eigenvalue weighted by atomic mass is 32.2. The fourth-order valence-corrected chi connectivity index (χ4v) is 2.57.